The first-order valence-corrected chi connectivity index (χ1v) is 8.43. The third-order valence-corrected chi connectivity index (χ3v) is 4.19. The normalized spacial score (nSPS) is 16.1. The number of nitrogens with zero attached hydrogens (tertiary/aromatic N) is 3. The summed E-state index contributed by atoms with van der Waals surface area (Å²) in [6, 6.07) is 10.3. The van der Waals surface area contributed by atoms with Crippen molar-refractivity contribution in [2.45, 2.75) is 32.2 Å². The summed E-state index contributed by atoms with van der Waals surface area (Å²) in [5.41, 5.74) is 2.14. The van der Waals surface area contributed by atoms with Crippen LogP contribution < -0.4 is 4.74 Å². The van der Waals surface area contributed by atoms with Crippen molar-refractivity contribution < 1.29 is 22.8 Å². The van der Waals surface area contributed by atoms with Gasteiger partial charge in [-0.1, -0.05) is 12.1 Å². The molecule has 3 rings (SSSR count). The predicted molar refractivity (Wildman–Crippen MR) is 98.1 cm³/mol. The van der Waals surface area contributed by atoms with Gasteiger partial charge in [0.15, 0.2) is 5.84 Å². The molecule has 0 N–H and O–H groups in total. The predicted octanol–water partition coefficient (Wildman–Crippen LogP) is 4.63. The van der Waals surface area contributed by atoms with Crippen molar-refractivity contribution in [3.8, 4) is 5.75 Å². The van der Waals surface area contributed by atoms with Crippen molar-refractivity contribution in [1.29, 1.82) is 0 Å². The summed E-state index contributed by atoms with van der Waals surface area (Å²) in [4.78, 5) is 19.2. The monoisotopic (exact) mass is 391 g/mol. The van der Waals surface area contributed by atoms with Crippen LogP contribution in [-0.2, 0) is 6.42 Å². The summed E-state index contributed by atoms with van der Waals surface area (Å²) in [6.07, 6.45) is -1.76. The van der Waals surface area contributed by atoms with Crippen molar-refractivity contribution in [3.63, 3.8) is 0 Å². The average Bonchev–Trinajstić information content (AvgIpc) is 3.08. The molecule has 146 valence electrons. The molecule has 0 spiro atoms. The number of nitro benzene ring substituents is 1. The third-order valence-electron chi connectivity index (χ3n) is 4.19. The van der Waals surface area contributed by atoms with Crippen LogP contribution >= 0.6 is 0 Å². The highest BCUT2D eigenvalue weighted by Crippen LogP contribution is 2.24. The van der Waals surface area contributed by atoms with E-state index < -0.39 is 11.3 Å². The van der Waals surface area contributed by atoms with Crippen molar-refractivity contribution in [3.05, 3.63) is 69.3 Å². The number of amidine groups is 1. The molecular formula is C19H16F3N3O3. The van der Waals surface area contributed by atoms with E-state index in [1.165, 1.54) is 18.2 Å². The van der Waals surface area contributed by atoms with Gasteiger partial charge in [-0.2, -0.15) is 0 Å². The lowest BCUT2D eigenvalue weighted by molar-refractivity contribution is -0.385. The summed E-state index contributed by atoms with van der Waals surface area (Å²) in [7, 11) is 0. The van der Waals surface area contributed by atoms with Crippen LogP contribution in [0.3, 0.4) is 0 Å². The van der Waals surface area contributed by atoms with Gasteiger partial charge in [-0.3, -0.25) is 15.1 Å². The second-order valence-electron chi connectivity index (χ2n) is 6.29. The van der Waals surface area contributed by atoms with Crippen LogP contribution in [0.4, 0.5) is 18.9 Å². The number of rotatable bonds is 6. The van der Waals surface area contributed by atoms with Crippen molar-refractivity contribution in [2.75, 3.05) is 0 Å². The summed E-state index contributed by atoms with van der Waals surface area (Å²) in [6.45, 7) is 1.66. The lowest BCUT2D eigenvalue weighted by Crippen LogP contribution is -2.17. The lowest BCUT2D eigenvalue weighted by atomic mass is 10.1. The van der Waals surface area contributed by atoms with E-state index in [-0.39, 0.29) is 17.5 Å². The van der Waals surface area contributed by atoms with Gasteiger partial charge in [0.25, 0.3) is 5.69 Å². The number of hydrogen-bond donors (Lipinski definition) is 0. The number of alkyl halides is 3. The topological polar surface area (TPSA) is 77.1 Å². The molecule has 2 aromatic rings. The van der Waals surface area contributed by atoms with E-state index in [4.69, 9.17) is 0 Å². The molecule has 0 amide bonds. The maximum Gasteiger partial charge on any atom is 0.573 e. The molecule has 0 fully saturated rings. The number of hydrogen-bond acceptors (Lipinski definition) is 5. The minimum Gasteiger partial charge on any atom is -0.406 e. The second kappa shape index (κ2) is 7.79. The first-order chi connectivity index (χ1) is 13.2. The molecule has 0 bridgehead atoms. The van der Waals surface area contributed by atoms with E-state index >= 15 is 0 Å². The molecule has 0 saturated heterocycles. The van der Waals surface area contributed by atoms with Crippen LogP contribution in [-0.4, -0.2) is 29.4 Å². The van der Waals surface area contributed by atoms with Crippen LogP contribution in [0.5, 0.6) is 5.75 Å². The van der Waals surface area contributed by atoms with Gasteiger partial charge in [-0.15, -0.1) is 13.2 Å². The zero-order valence-corrected chi connectivity index (χ0v) is 14.8. The Morgan fingerprint density at radius 1 is 1.18 bits per heavy atom. The number of benzene rings is 2. The molecular weight excluding hydrogens is 375 g/mol. The fourth-order valence-corrected chi connectivity index (χ4v) is 2.84. The van der Waals surface area contributed by atoms with Crippen LogP contribution in [0.15, 0.2) is 52.4 Å². The van der Waals surface area contributed by atoms with Gasteiger partial charge in [0.2, 0.25) is 0 Å². The first-order valence-electron chi connectivity index (χ1n) is 8.43. The van der Waals surface area contributed by atoms with Gasteiger partial charge < -0.3 is 4.74 Å². The van der Waals surface area contributed by atoms with Gasteiger partial charge in [0.1, 0.15) is 5.75 Å². The van der Waals surface area contributed by atoms with E-state index in [1.54, 1.807) is 37.4 Å². The highest BCUT2D eigenvalue weighted by atomic mass is 19.4. The quantitative estimate of drug-likeness (QED) is 0.532. The Kier molecular flexibility index (Phi) is 5.43. The van der Waals surface area contributed by atoms with Gasteiger partial charge in [0.05, 0.1) is 11.0 Å². The number of halogens is 3. The zero-order valence-electron chi connectivity index (χ0n) is 14.8. The van der Waals surface area contributed by atoms with Gasteiger partial charge in [0, 0.05) is 23.4 Å². The molecule has 1 aliphatic heterocycles. The van der Waals surface area contributed by atoms with Crippen LogP contribution in [0, 0.1) is 17.0 Å². The van der Waals surface area contributed by atoms with E-state index in [1.807, 2.05) is 0 Å². The smallest absolute Gasteiger partial charge is 0.406 e. The number of aryl methyl sites for hydroxylation is 2. The third kappa shape index (κ3) is 4.93. The minimum absolute atomic E-state index is 0.0424. The Labute approximate surface area is 158 Å². The van der Waals surface area contributed by atoms with E-state index in [0.717, 1.165) is 5.56 Å². The fourth-order valence-electron chi connectivity index (χ4n) is 2.84. The van der Waals surface area contributed by atoms with Gasteiger partial charge in [-0.05, 0) is 49.6 Å². The molecule has 28 heavy (non-hydrogen) atoms. The molecule has 2 aromatic carbocycles. The molecule has 0 aromatic heterocycles. The highest BCUT2D eigenvalue weighted by Gasteiger charge is 2.30. The Hall–Kier alpha value is -3.23. The molecule has 6 nitrogen and oxygen atoms in total. The molecule has 1 unspecified atom stereocenters. The Morgan fingerprint density at radius 2 is 1.89 bits per heavy atom. The van der Waals surface area contributed by atoms with Crippen molar-refractivity contribution >= 4 is 17.7 Å². The highest BCUT2D eigenvalue weighted by molar-refractivity contribution is 6.07. The molecule has 0 aliphatic carbocycles. The molecule has 1 atom stereocenters. The van der Waals surface area contributed by atoms with E-state index in [9.17, 15) is 23.3 Å². The van der Waals surface area contributed by atoms with Crippen LogP contribution in [0.2, 0.25) is 0 Å². The number of nitro groups is 1. The summed E-state index contributed by atoms with van der Waals surface area (Å²) < 4.78 is 40.4. The van der Waals surface area contributed by atoms with Gasteiger partial charge in [-0.25, -0.2) is 4.99 Å². The molecule has 0 saturated carbocycles. The average molecular weight is 391 g/mol. The maximum absolute atomic E-state index is 12.2. The minimum atomic E-state index is -4.71. The summed E-state index contributed by atoms with van der Waals surface area (Å²) in [5.74, 6) is 0.254. The number of aliphatic imine (C=N–C) groups is 2. The van der Waals surface area contributed by atoms with Crippen molar-refractivity contribution in [2.24, 2.45) is 9.98 Å². The second-order valence-corrected chi connectivity index (χ2v) is 6.29. The molecule has 1 heterocycles. The molecule has 1 aliphatic rings. The molecule has 0 radical (unpaired) electrons. The Bertz CT molecular complexity index is 938. The number of ether oxygens (including phenoxy) is 1. The molecule has 9 heteroatoms. The largest absolute Gasteiger partial charge is 0.573 e. The van der Waals surface area contributed by atoms with Crippen LogP contribution in [0.25, 0.3) is 0 Å². The lowest BCUT2D eigenvalue weighted by Gasteiger charge is -2.09. The fraction of sp³-hybridized carbons (Fsp3) is 0.263. The van der Waals surface area contributed by atoms with Crippen molar-refractivity contribution in [1.82, 2.24) is 0 Å². The SMILES string of the molecule is Cc1cc(C2=NC(CCc3ccc(OC(F)(F)F)cc3)C=N2)ccc1[N+](=O)[O-]. The summed E-state index contributed by atoms with van der Waals surface area (Å²) >= 11 is 0. The van der Waals surface area contributed by atoms with E-state index in [2.05, 4.69) is 14.7 Å². The van der Waals surface area contributed by atoms with E-state index in [0.29, 0.717) is 29.8 Å². The standard InChI is InChI=1S/C19H16F3N3O3/c1-12-10-14(5-9-17(12)25(26)27)18-23-11-15(24-18)6-2-13-3-7-16(8-4-13)28-19(20,21)22/h3-5,7-11,15H,2,6H2,1H3. The first kappa shape index (κ1) is 19.5. The van der Waals surface area contributed by atoms with Crippen LogP contribution in [0.1, 0.15) is 23.1 Å². The Morgan fingerprint density at radius 3 is 2.50 bits per heavy atom. The maximum atomic E-state index is 12.2. The van der Waals surface area contributed by atoms with Gasteiger partial charge >= 0.3 is 6.36 Å². The Balaban J connectivity index is 1.60. The zero-order chi connectivity index (χ0) is 20.3. The summed E-state index contributed by atoms with van der Waals surface area (Å²) in [5, 5.41) is 10.9.